The van der Waals surface area contributed by atoms with E-state index in [2.05, 4.69) is 0 Å². The molecular formula is C5H9O+. The van der Waals surface area contributed by atoms with Gasteiger partial charge in [0.05, 0.1) is 0 Å². The van der Waals surface area contributed by atoms with Crippen LogP contribution in [0, 0.1) is 0 Å². The Kier molecular flexibility index (Phi) is 2.38. The lowest BCUT2D eigenvalue weighted by molar-refractivity contribution is 0.696. The summed E-state index contributed by atoms with van der Waals surface area (Å²) < 4.78 is 0. The molecule has 0 saturated heterocycles. The van der Waals surface area contributed by atoms with E-state index >= 15 is 0 Å². The lowest BCUT2D eigenvalue weighted by Crippen LogP contribution is -1.63. The smallest absolute Gasteiger partial charge is 0.282 e. The third kappa shape index (κ3) is 3.41. The number of carbonyl (C=O) groups excluding carboxylic acids is 1. The zero-order valence-corrected chi connectivity index (χ0v) is 4.10. The second-order valence-electron chi connectivity index (χ2n) is 1.39. The number of aldehydes is 1. The van der Waals surface area contributed by atoms with Crippen LogP contribution >= 0.6 is 0 Å². The van der Waals surface area contributed by atoms with E-state index in [0.29, 0.717) is 0 Å². The molecule has 0 aliphatic heterocycles. The highest BCUT2D eigenvalue weighted by Gasteiger charge is 1.71. The van der Waals surface area contributed by atoms with Gasteiger partial charge in [0.15, 0.2) is 0 Å². The summed E-state index contributed by atoms with van der Waals surface area (Å²) in [5, 5.41) is 0. The molecule has 0 bridgehead atoms. The topological polar surface area (TPSA) is 21.4 Å². The van der Waals surface area contributed by atoms with Gasteiger partial charge in [0.2, 0.25) is 0 Å². The highest BCUT2D eigenvalue weighted by Crippen LogP contribution is 1.81. The molecule has 0 aromatic carbocycles. The predicted octanol–water partition coefficient (Wildman–Crippen LogP) is 1.13. The molecule has 0 saturated carbocycles. The van der Waals surface area contributed by atoms with Gasteiger partial charge in [-0.2, -0.15) is 0 Å². The Bertz CT molecular complexity index is 68.0. The maximum Gasteiger partial charge on any atom is 0.305 e. The maximum atomic E-state index is 8.04. The Labute approximate surface area is 37.7 Å². The summed E-state index contributed by atoms with van der Waals surface area (Å²) in [5.74, 6) is 0. The second-order valence-corrected chi connectivity index (χ2v) is 1.39. The van der Waals surface area contributed by atoms with E-state index in [9.17, 15) is 0 Å². The van der Waals surface area contributed by atoms with Gasteiger partial charge in [0.1, 0.15) is 0 Å². The normalized spacial score (nSPS) is 7.00. The Morgan fingerprint density at radius 3 is 2.00 bits per heavy atom. The third-order valence-electron chi connectivity index (χ3n) is 0.408. The Hall–Kier alpha value is -0.590. The van der Waals surface area contributed by atoms with Crippen molar-refractivity contribution in [2.75, 3.05) is 0 Å². The van der Waals surface area contributed by atoms with Gasteiger partial charge in [-0.15, -0.1) is 0 Å². The molecule has 1 nitrogen and oxygen atoms in total. The first kappa shape index (κ1) is 5.41. The molecule has 6 heavy (non-hydrogen) atoms. The van der Waals surface area contributed by atoms with Crippen molar-refractivity contribution in [3.05, 3.63) is 11.6 Å². The quantitative estimate of drug-likeness (QED) is 0.258. The second kappa shape index (κ2) is 2.64. The van der Waals surface area contributed by atoms with Crippen molar-refractivity contribution in [1.82, 2.24) is 0 Å². The average molecular weight is 85.1 g/mol. The lowest BCUT2D eigenvalue weighted by atomic mass is 10.3. The van der Waals surface area contributed by atoms with Crippen LogP contribution in [0.25, 0.3) is 0 Å². The van der Waals surface area contributed by atoms with Crippen LogP contribution in [-0.2, 0) is 0 Å². The average Bonchev–Trinajstić information content (AvgIpc) is 1.35. The van der Waals surface area contributed by atoms with Crippen molar-refractivity contribution < 1.29 is 4.79 Å². The number of allylic oxidation sites excluding steroid dienone is 2. The predicted molar refractivity (Wildman–Crippen MR) is 27.4 cm³/mol. The number of hydrogen-bond donors (Lipinski definition) is 0. The molecule has 0 amide bonds. The SMILES string of the molecule is CC(C)=CC=[OH+]. The molecule has 0 aliphatic rings. The monoisotopic (exact) mass is 85.1 g/mol. The molecule has 0 aromatic rings. The van der Waals surface area contributed by atoms with Crippen LogP contribution in [0.1, 0.15) is 13.8 Å². The van der Waals surface area contributed by atoms with E-state index in [1.165, 1.54) is 0 Å². The van der Waals surface area contributed by atoms with Gasteiger partial charge >= 0.3 is 6.29 Å². The van der Waals surface area contributed by atoms with E-state index in [1.807, 2.05) is 13.8 Å². The minimum Gasteiger partial charge on any atom is -0.282 e. The van der Waals surface area contributed by atoms with Crippen LogP contribution < -0.4 is 0 Å². The van der Waals surface area contributed by atoms with E-state index in [0.717, 1.165) is 11.9 Å². The van der Waals surface area contributed by atoms with E-state index in [-0.39, 0.29) is 0 Å². The van der Waals surface area contributed by atoms with Crippen molar-refractivity contribution in [1.29, 1.82) is 0 Å². The Balaban J connectivity index is 3.41. The fourth-order valence-electron chi connectivity index (χ4n) is 0.149. The summed E-state index contributed by atoms with van der Waals surface area (Å²) in [5.41, 5.74) is 1.11. The highest BCUT2D eigenvalue weighted by molar-refractivity contribution is 5.66. The molecule has 1 heteroatoms. The standard InChI is InChI=1S/C5H8O/c1-5(2)3-4-6/h3-4H,1-2H3/p+1. The molecule has 0 aromatic heterocycles. The molecule has 0 rings (SSSR count). The first-order valence-corrected chi connectivity index (χ1v) is 1.88. The molecular weight excluding hydrogens is 76.1 g/mol. The summed E-state index contributed by atoms with van der Waals surface area (Å²) in [6.45, 7) is 3.85. The fraction of sp³-hybridized carbons (Fsp3) is 0.400. The van der Waals surface area contributed by atoms with Crippen LogP contribution in [0.3, 0.4) is 0 Å². The molecule has 0 unspecified atom stereocenters. The van der Waals surface area contributed by atoms with E-state index < -0.39 is 0 Å². The minimum absolute atomic E-state index is 1.04. The molecule has 0 atom stereocenters. The van der Waals surface area contributed by atoms with E-state index in [4.69, 9.17) is 4.79 Å². The summed E-state index contributed by atoms with van der Waals surface area (Å²) >= 11 is 0. The Morgan fingerprint density at radius 1 is 1.50 bits per heavy atom. The van der Waals surface area contributed by atoms with Crippen molar-refractivity contribution in [3.63, 3.8) is 0 Å². The van der Waals surface area contributed by atoms with Gasteiger partial charge in [-0.25, -0.2) is 0 Å². The van der Waals surface area contributed by atoms with Crippen LogP contribution in [-0.4, -0.2) is 11.1 Å². The highest BCUT2D eigenvalue weighted by atomic mass is 16.1. The third-order valence-corrected chi connectivity index (χ3v) is 0.408. The van der Waals surface area contributed by atoms with Gasteiger partial charge in [0.25, 0.3) is 0 Å². The summed E-state index contributed by atoms with van der Waals surface area (Å²) in [7, 11) is 0. The molecule has 0 radical (unpaired) electrons. The van der Waals surface area contributed by atoms with Gasteiger partial charge < -0.3 is 0 Å². The van der Waals surface area contributed by atoms with Gasteiger partial charge in [-0.3, -0.25) is 4.79 Å². The minimum atomic E-state index is 1.04. The van der Waals surface area contributed by atoms with Crippen LogP contribution in [0.2, 0.25) is 0 Å². The first-order chi connectivity index (χ1) is 2.77. The number of hydrogen-bond acceptors (Lipinski definition) is 0. The van der Waals surface area contributed by atoms with Crippen LogP contribution in [0.15, 0.2) is 11.6 Å². The molecule has 0 heterocycles. The van der Waals surface area contributed by atoms with Crippen LogP contribution in [0.4, 0.5) is 0 Å². The zero-order valence-electron chi connectivity index (χ0n) is 4.10. The first-order valence-electron chi connectivity index (χ1n) is 1.88. The maximum absolute atomic E-state index is 8.04. The molecule has 1 N–H and O–H groups in total. The molecule has 0 spiro atoms. The summed E-state index contributed by atoms with van der Waals surface area (Å²) in [6, 6.07) is 0. The fourth-order valence-corrected chi connectivity index (χ4v) is 0.149. The van der Waals surface area contributed by atoms with Gasteiger partial charge in [0, 0.05) is 6.08 Å². The molecule has 0 aliphatic carbocycles. The molecule has 0 fully saturated rings. The van der Waals surface area contributed by atoms with Gasteiger partial charge in [-0.05, 0) is 13.8 Å². The summed E-state index contributed by atoms with van der Waals surface area (Å²) in [6.07, 6.45) is 2.68. The van der Waals surface area contributed by atoms with Crippen molar-refractivity contribution in [2.24, 2.45) is 0 Å². The van der Waals surface area contributed by atoms with Crippen molar-refractivity contribution in [2.45, 2.75) is 13.8 Å². The van der Waals surface area contributed by atoms with Crippen LogP contribution in [0.5, 0.6) is 0 Å². The largest absolute Gasteiger partial charge is 0.305 e. The zero-order chi connectivity index (χ0) is 4.99. The lowest BCUT2D eigenvalue weighted by Gasteiger charge is -1.71. The van der Waals surface area contributed by atoms with Gasteiger partial charge in [-0.1, -0.05) is 5.57 Å². The van der Waals surface area contributed by atoms with Crippen molar-refractivity contribution in [3.8, 4) is 0 Å². The molecule has 34 valence electrons. The van der Waals surface area contributed by atoms with Crippen molar-refractivity contribution >= 4 is 6.29 Å². The van der Waals surface area contributed by atoms with E-state index in [1.54, 1.807) is 6.08 Å². The number of rotatable bonds is 1. The summed E-state index contributed by atoms with van der Waals surface area (Å²) in [4.78, 5) is 8.04. The Morgan fingerprint density at radius 2 is 2.00 bits per heavy atom.